The number of rotatable bonds is 13. The van der Waals surface area contributed by atoms with Crippen LogP contribution in [0.15, 0.2) is 46.4 Å². The molecule has 5 rings (SSSR count). The number of methoxy groups -OCH3 is 1. The molecular weight excluding hydrogens is 566 g/mol. The Morgan fingerprint density at radius 2 is 1.83 bits per heavy atom. The summed E-state index contributed by atoms with van der Waals surface area (Å²) in [6.07, 6.45) is 4.44. The van der Waals surface area contributed by atoms with Gasteiger partial charge in [0.05, 0.1) is 22.9 Å². The van der Waals surface area contributed by atoms with Gasteiger partial charge in [-0.15, -0.1) is 0 Å². The zero-order valence-corrected chi connectivity index (χ0v) is 25.0. The predicted molar refractivity (Wildman–Crippen MR) is 157 cm³/mol. The number of aromatic nitrogens is 2. The molecule has 2 aromatic heterocycles. The summed E-state index contributed by atoms with van der Waals surface area (Å²) in [6, 6.07) is 9.77. The number of hydrogen-bond acceptors (Lipinski definition) is 11. The van der Waals surface area contributed by atoms with Crippen molar-refractivity contribution in [2.24, 2.45) is 5.16 Å². The van der Waals surface area contributed by atoms with Crippen LogP contribution in [-0.2, 0) is 24.2 Å². The van der Waals surface area contributed by atoms with E-state index in [-0.39, 0.29) is 28.1 Å². The maximum atomic E-state index is 13.5. The topological polar surface area (TPSA) is 132 Å². The lowest BCUT2D eigenvalue weighted by atomic mass is 10.1. The molecule has 3 aromatic rings. The van der Waals surface area contributed by atoms with Crippen LogP contribution < -0.4 is 10.1 Å². The van der Waals surface area contributed by atoms with Crippen molar-refractivity contribution in [2.75, 3.05) is 39.7 Å². The number of nitrogens with zero attached hydrogens (tertiary/aromatic N) is 4. The quantitative estimate of drug-likeness (QED) is 0.176. The van der Waals surface area contributed by atoms with Gasteiger partial charge in [-0.05, 0) is 64.4 Å². The number of benzene rings is 1. The highest BCUT2D eigenvalue weighted by atomic mass is 32.2. The van der Waals surface area contributed by atoms with Crippen molar-refractivity contribution < 1.29 is 27.5 Å². The maximum absolute atomic E-state index is 13.5. The van der Waals surface area contributed by atoms with Crippen LogP contribution >= 0.6 is 11.3 Å². The van der Waals surface area contributed by atoms with E-state index in [1.165, 1.54) is 23.5 Å². The number of fused-ring (bicyclic) bond motifs is 1. The molecule has 41 heavy (non-hydrogen) atoms. The molecule has 13 heteroatoms. The summed E-state index contributed by atoms with van der Waals surface area (Å²) in [7, 11) is 2.34. The number of pyridine rings is 1. The third-order valence-corrected chi connectivity index (χ3v) is 10.2. The van der Waals surface area contributed by atoms with Crippen molar-refractivity contribution in [2.45, 2.75) is 60.9 Å². The van der Waals surface area contributed by atoms with E-state index >= 15 is 0 Å². The summed E-state index contributed by atoms with van der Waals surface area (Å²) in [5.41, 5.74) is 1.09. The Labute approximate surface area is 243 Å². The monoisotopic (exact) mass is 601 g/mol. The van der Waals surface area contributed by atoms with Crippen LogP contribution in [0.25, 0.3) is 10.3 Å². The Morgan fingerprint density at radius 1 is 1.07 bits per heavy atom. The summed E-state index contributed by atoms with van der Waals surface area (Å²) in [6.45, 7) is 1.46. The molecule has 1 aromatic carbocycles. The molecule has 1 N–H and O–H groups in total. The first-order chi connectivity index (χ1) is 19.7. The summed E-state index contributed by atoms with van der Waals surface area (Å²) in [5, 5.41) is 7.08. The molecule has 2 heterocycles. The summed E-state index contributed by atoms with van der Waals surface area (Å²) in [5.74, 6) is -0.0242. The summed E-state index contributed by atoms with van der Waals surface area (Å²) < 4.78 is 36.5. The smallest absolute Gasteiger partial charge is 0.280 e. The molecule has 11 nitrogen and oxygen atoms in total. The van der Waals surface area contributed by atoms with Crippen molar-refractivity contribution in [3.8, 4) is 5.88 Å². The van der Waals surface area contributed by atoms with E-state index < -0.39 is 15.7 Å². The molecule has 0 bridgehead atoms. The van der Waals surface area contributed by atoms with E-state index in [2.05, 4.69) is 25.3 Å². The van der Waals surface area contributed by atoms with Crippen LogP contribution in [0.3, 0.4) is 0 Å². The van der Waals surface area contributed by atoms with Crippen LogP contribution in [0.4, 0.5) is 5.13 Å². The Hall–Kier alpha value is -3.13. The van der Waals surface area contributed by atoms with Gasteiger partial charge in [0, 0.05) is 31.7 Å². The van der Waals surface area contributed by atoms with Crippen molar-refractivity contribution in [1.29, 1.82) is 0 Å². The fraction of sp³-hybridized carbons (Fsp3) is 0.500. The van der Waals surface area contributed by atoms with Crippen molar-refractivity contribution >= 4 is 48.3 Å². The second-order valence-electron chi connectivity index (χ2n) is 10.6. The molecule has 0 saturated heterocycles. The van der Waals surface area contributed by atoms with Gasteiger partial charge in [0.15, 0.2) is 20.7 Å². The van der Waals surface area contributed by atoms with Crippen LogP contribution in [-0.4, -0.2) is 86.7 Å². The van der Waals surface area contributed by atoms with Crippen molar-refractivity contribution in [3.63, 3.8) is 0 Å². The minimum absolute atomic E-state index is 0.0263. The van der Waals surface area contributed by atoms with Gasteiger partial charge in [-0.2, -0.15) is 0 Å². The highest BCUT2D eigenvalue weighted by Gasteiger charge is 2.37. The number of carbonyl (C=O) groups is 1. The number of carbonyl (C=O) groups excluding carboxylic acids is 1. The van der Waals surface area contributed by atoms with E-state index in [1.807, 2.05) is 14.1 Å². The third-order valence-electron chi connectivity index (χ3n) is 7.05. The largest absolute Gasteiger partial charge is 0.478 e. The Balaban J connectivity index is 1.32. The minimum atomic E-state index is -3.35. The molecule has 2 fully saturated rings. The predicted octanol–water partition coefficient (Wildman–Crippen LogP) is 3.88. The SMILES string of the molecule is CO[C@@H]1CC[C@@H](ON=C(C(=O)Nc2nc3ccc(OCCCN(C)C)nc3s2)c2ccc(S(=O)(=O)C3CC3)cc2)C1. The molecule has 2 aliphatic rings. The molecule has 0 radical (unpaired) electrons. The standard InChI is InChI=1S/C28H35N5O6S2/c1-33(2)15-4-16-38-24-14-13-23-27(30-24)40-28(29-23)31-26(34)25(32-39-20-8-7-19(17-20)37-3)18-5-9-21(10-6-18)41(35,36)22-11-12-22/h5-6,9-10,13-14,19-20,22H,4,7-8,11-12,15-17H2,1-3H3,(H,29,31,34)/t19-,20-/m1/s1. The van der Waals surface area contributed by atoms with E-state index in [4.69, 9.17) is 14.3 Å². The van der Waals surface area contributed by atoms with Gasteiger partial charge in [0.1, 0.15) is 16.5 Å². The number of hydrogen-bond donors (Lipinski definition) is 1. The molecule has 2 aliphatic carbocycles. The highest BCUT2D eigenvalue weighted by molar-refractivity contribution is 7.92. The molecule has 2 saturated carbocycles. The lowest BCUT2D eigenvalue weighted by Crippen LogP contribution is -2.25. The van der Waals surface area contributed by atoms with Crippen LogP contribution in [0.2, 0.25) is 0 Å². The highest BCUT2D eigenvalue weighted by Crippen LogP contribution is 2.33. The number of oxime groups is 1. The maximum Gasteiger partial charge on any atom is 0.280 e. The van der Waals surface area contributed by atoms with Gasteiger partial charge in [0.25, 0.3) is 5.91 Å². The molecule has 0 unspecified atom stereocenters. The van der Waals surface area contributed by atoms with Gasteiger partial charge < -0.3 is 19.2 Å². The Kier molecular flexibility index (Phi) is 9.17. The van der Waals surface area contributed by atoms with Crippen molar-refractivity contribution in [1.82, 2.24) is 14.9 Å². The zero-order valence-electron chi connectivity index (χ0n) is 23.4. The van der Waals surface area contributed by atoms with Gasteiger partial charge in [-0.25, -0.2) is 18.4 Å². The fourth-order valence-electron chi connectivity index (χ4n) is 4.58. The number of amides is 1. The number of nitrogens with one attached hydrogen (secondary N) is 1. The first kappa shape index (κ1) is 29.4. The van der Waals surface area contributed by atoms with Gasteiger partial charge >= 0.3 is 0 Å². The molecule has 220 valence electrons. The number of thiazole rings is 1. The first-order valence-corrected chi connectivity index (χ1v) is 16.1. The average molecular weight is 602 g/mol. The third kappa shape index (κ3) is 7.39. The minimum Gasteiger partial charge on any atom is -0.478 e. The molecule has 0 aliphatic heterocycles. The van der Waals surface area contributed by atoms with E-state index in [9.17, 15) is 13.2 Å². The van der Waals surface area contributed by atoms with E-state index in [1.54, 1.807) is 31.4 Å². The molecule has 0 spiro atoms. The lowest BCUT2D eigenvalue weighted by Gasteiger charge is -2.12. The lowest BCUT2D eigenvalue weighted by molar-refractivity contribution is -0.110. The number of ether oxygens (including phenoxy) is 2. The summed E-state index contributed by atoms with van der Waals surface area (Å²) in [4.78, 5) is 31.2. The number of anilines is 1. The van der Waals surface area contributed by atoms with Crippen molar-refractivity contribution in [3.05, 3.63) is 42.0 Å². The van der Waals surface area contributed by atoms with E-state index in [0.717, 1.165) is 25.8 Å². The van der Waals surface area contributed by atoms with E-state index in [0.29, 0.717) is 52.8 Å². The summed E-state index contributed by atoms with van der Waals surface area (Å²) >= 11 is 1.23. The van der Waals surface area contributed by atoms with Gasteiger partial charge in [0.2, 0.25) is 5.88 Å². The normalized spacial score (nSPS) is 19.6. The molecule has 2 atom stereocenters. The molecule has 1 amide bonds. The van der Waals surface area contributed by atoms with Gasteiger partial charge in [-0.3, -0.25) is 10.1 Å². The molecular formula is C28H35N5O6S2. The second kappa shape index (κ2) is 12.8. The Bertz CT molecular complexity index is 1500. The number of sulfone groups is 1. The second-order valence-corrected chi connectivity index (χ2v) is 13.8. The van der Waals surface area contributed by atoms with Crippen LogP contribution in [0, 0.1) is 0 Å². The Morgan fingerprint density at radius 3 is 2.51 bits per heavy atom. The van der Waals surface area contributed by atoms with Crippen LogP contribution in [0.1, 0.15) is 44.1 Å². The fourth-order valence-corrected chi connectivity index (χ4v) is 7.07. The zero-order chi connectivity index (χ0) is 29.0. The van der Waals surface area contributed by atoms with Crippen LogP contribution in [0.5, 0.6) is 5.88 Å². The first-order valence-electron chi connectivity index (χ1n) is 13.7. The average Bonchev–Trinajstić information content (AvgIpc) is 3.60. The van der Waals surface area contributed by atoms with Gasteiger partial charge in [-0.1, -0.05) is 28.6 Å².